The van der Waals surface area contributed by atoms with E-state index in [2.05, 4.69) is 44.7 Å². The Kier molecular flexibility index (Phi) is 7.33. The van der Waals surface area contributed by atoms with E-state index in [1.54, 1.807) is 0 Å². The van der Waals surface area contributed by atoms with Gasteiger partial charge in [-0.3, -0.25) is 4.90 Å². The van der Waals surface area contributed by atoms with Crippen LogP contribution in [0.1, 0.15) is 46.5 Å². The van der Waals surface area contributed by atoms with Gasteiger partial charge in [-0.15, -0.1) is 0 Å². The minimum atomic E-state index is -0.122. The molecule has 1 N–H and O–H groups in total. The molecule has 19 heavy (non-hydrogen) atoms. The molecular formula is C16H34N2O. The second-order valence-electron chi connectivity index (χ2n) is 6.79. The Balaban J connectivity index is 2.62. The maximum atomic E-state index is 10.4. The molecule has 0 aromatic rings. The van der Waals surface area contributed by atoms with Crippen LogP contribution in [0.25, 0.3) is 0 Å². The van der Waals surface area contributed by atoms with E-state index in [9.17, 15) is 5.11 Å². The minimum Gasteiger partial charge on any atom is -0.391 e. The summed E-state index contributed by atoms with van der Waals surface area (Å²) in [5.74, 6) is 1.53. The van der Waals surface area contributed by atoms with E-state index in [4.69, 9.17) is 0 Å². The normalized spacial score (nSPS) is 28.6. The van der Waals surface area contributed by atoms with Gasteiger partial charge in [0, 0.05) is 19.1 Å². The van der Waals surface area contributed by atoms with Gasteiger partial charge in [-0.05, 0) is 58.2 Å². The SMILES string of the molecule is CCCN(CCN(C)C)C1CC(C(C)C)CCC1O. The Morgan fingerprint density at radius 3 is 2.32 bits per heavy atom. The zero-order valence-corrected chi connectivity index (χ0v) is 13.6. The minimum absolute atomic E-state index is 0.122. The first-order valence-electron chi connectivity index (χ1n) is 8.02. The molecule has 0 amide bonds. The maximum absolute atomic E-state index is 10.4. The fraction of sp³-hybridized carbons (Fsp3) is 1.00. The van der Waals surface area contributed by atoms with Gasteiger partial charge in [0.1, 0.15) is 0 Å². The summed E-state index contributed by atoms with van der Waals surface area (Å²) in [6.07, 6.45) is 4.40. The zero-order valence-electron chi connectivity index (χ0n) is 13.6. The highest BCUT2D eigenvalue weighted by molar-refractivity contribution is 4.88. The molecule has 1 aliphatic rings. The molecule has 3 atom stereocenters. The van der Waals surface area contributed by atoms with Gasteiger partial charge in [-0.25, -0.2) is 0 Å². The molecule has 3 unspecified atom stereocenters. The van der Waals surface area contributed by atoms with Crippen LogP contribution < -0.4 is 0 Å². The number of aliphatic hydroxyl groups is 1. The highest BCUT2D eigenvalue weighted by Crippen LogP contribution is 2.32. The van der Waals surface area contributed by atoms with Gasteiger partial charge in [0.15, 0.2) is 0 Å². The predicted molar refractivity (Wildman–Crippen MR) is 82.4 cm³/mol. The molecular weight excluding hydrogens is 236 g/mol. The highest BCUT2D eigenvalue weighted by Gasteiger charge is 2.33. The molecule has 0 bridgehead atoms. The van der Waals surface area contributed by atoms with Crippen LogP contribution in [0.3, 0.4) is 0 Å². The third-order valence-corrected chi connectivity index (χ3v) is 4.58. The van der Waals surface area contributed by atoms with Crippen molar-refractivity contribution in [2.24, 2.45) is 11.8 Å². The fourth-order valence-electron chi connectivity index (χ4n) is 3.22. The Morgan fingerprint density at radius 1 is 1.11 bits per heavy atom. The van der Waals surface area contributed by atoms with Crippen molar-refractivity contribution in [2.75, 3.05) is 33.7 Å². The number of rotatable bonds is 7. The van der Waals surface area contributed by atoms with Crippen molar-refractivity contribution < 1.29 is 5.11 Å². The molecule has 3 nitrogen and oxygen atoms in total. The molecule has 1 aliphatic carbocycles. The Morgan fingerprint density at radius 2 is 1.79 bits per heavy atom. The van der Waals surface area contributed by atoms with Crippen molar-refractivity contribution in [2.45, 2.75) is 58.6 Å². The van der Waals surface area contributed by atoms with E-state index in [-0.39, 0.29) is 6.10 Å². The number of aliphatic hydroxyl groups excluding tert-OH is 1. The van der Waals surface area contributed by atoms with Crippen molar-refractivity contribution in [1.29, 1.82) is 0 Å². The third-order valence-electron chi connectivity index (χ3n) is 4.58. The van der Waals surface area contributed by atoms with Gasteiger partial charge in [-0.1, -0.05) is 20.8 Å². The lowest BCUT2D eigenvalue weighted by molar-refractivity contribution is -0.00644. The molecule has 1 rings (SSSR count). The van der Waals surface area contributed by atoms with Gasteiger partial charge < -0.3 is 10.0 Å². The lowest BCUT2D eigenvalue weighted by Crippen LogP contribution is -2.50. The predicted octanol–water partition coefficient (Wildman–Crippen LogP) is 2.45. The van der Waals surface area contributed by atoms with Crippen LogP contribution in [0, 0.1) is 11.8 Å². The van der Waals surface area contributed by atoms with Crippen molar-refractivity contribution in [3.8, 4) is 0 Å². The fourth-order valence-corrected chi connectivity index (χ4v) is 3.22. The van der Waals surface area contributed by atoms with Crippen LogP contribution in [-0.2, 0) is 0 Å². The Hall–Kier alpha value is -0.120. The standard InChI is InChI=1S/C16H34N2O/c1-6-9-18(11-10-17(4)5)15-12-14(13(2)3)7-8-16(15)19/h13-16,19H,6-12H2,1-5H3. The van der Waals surface area contributed by atoms with Crippen molar-refractivity contribution in [3.05, 3.63) is 0 Å². The van der Waals surface area contributed by atoms with E-state index in [0.29, 0.717) is 6.04 Å². The van der Waals surface area contributed by atoms with Crippen LogP contribution in [0.4, 0.5) is 0 Å². The van der Waals surface area contributed by atoms with E-state index < -0.39 is 0 Å². The quantitative estimate of drug-likeness (QED) is 0.770. The lowest BCUT2D eigenvalue weighted by Gasteiger charge is -2.42. The zero-order chi connectivity index (χ0) is 14.4. The Bertz CT molecular complexity index is 243. The molecule has 3 heteroatoms. The van der Waals surface area contributed by atoms with Crippen LogP contribution in [0.5, 0.6) is 0 Å². The second kappa shape index (κ2) is 8.23. The van der Waals surface area contributed by atoms with Crippen molar-refractivity contribution >= 4 is 0 Å². The number of hydrogen-bond donors (Lipinski definition) is 1. The smallest absolute Gasteiger partial charge is 0.0695 e. The second-order valence-corrected chi connectivity index (χ2v) is 6.79. The molecule has 0 spiro atoms. The van der Waals surface area contributed by atoms with Crippen LogP contribution >= 0.6 is 0 Å². The summed E-state index contributed by atoms with van der Waals surface area (Å²) in [7, 11) is 4.25. The van der Waals surface area contributed by atoms with E-state index in [1.165, 1.54) is 19.3 Å². The summed E-state index contributed by atoms with van der Waals surface area (Å²) >= 11 is 0. The van der Waals surface area contributed by atoms with E-state index in [1.807, 2.05) is 0 Å². The molecule has 1 saturated carbocycles. The molecule has 0 saturated heterocycles. The van der Waals surface area contributed by atoms with Gasteiger partial charge in [0.25, 0.3) is 0 Å². The first-order chi connectivity index (χ1) is 8.95. The third kappa shape index (κ3) is 5.41. The average molecular weight is 270 g/mol. The van der Waals surface area contributed by atoms with Crippen LogP contribution in [0.2, 0.25) is 0 Å². The van der Waals surface area contributed by atoms with E-state index in [0.717, 1.165) is 37.9 Å². The summed E-state index contributed by atoms with van der Waals surface area (Å²) in [6, 6.07) is 0.376. The maximum Gasteiger partial charge on any atom is 0.0695 e. The first-order valence-corrected chi connectivity index (χ1v) is 8.02. The monoisotopic (exact) mass is 270 g/mol. The van der Waals surface area contributed by atoms with Gasteiger partial charge in [0.2, 0.25) is 0 Å². The molecule has 1 fully saturated rings. The topological polar surface area (TPSA) is 26.7 Å². The first kappa shape index (κ1) is 16.9. The van der Waals surface area contributed by atoms with Crippen LogP contribution in [0.15, 0.2) is 0 Å². The summed E-state index contributed by atoms with van der Waals surface area (Å²) in [4.78, 5) is 4.76. The molecule has 0 aliphatic heterocycles. The van der Waals surface area contributed by atoms with Gasteiger partial charge >= 0.3 is 0 Å². The summed E-state index contributed by atoms with van der Waals surface area (Å²) < 4.78 is 0. The summed E-state index contributed by atoms with van der Waals surface area (Å²) in [6.45, 7) is 10.1. The molecule has 0 aromatic carbocycles. The molecule has 114 valence electrons. The van der Waals surface area contributed by atoms with Crippen LogP contribution in [-0.4, -0.2) is 60.8 Å². The lowest BCUT2D eigenvalue weighted by atomic mass is 9.77. The molecule has 0 heterocycles. The van der Waals surface area contributed by atoms with Gasteiger partial charge in [0.05, 0.1) is 6.10 Å². The molecule has 0 aromatic heterocycles. The van der Waals surface area contributed by atoms with E-state index >= 15 is 0 Å². The van der Waals surface area contributed by atoms with Gasteiger partial charge in [-0.2, -0.15) is 0 Å². The number of hydrogen-bond acceptors (Lipinski definition) is 3. The number of nitrogens with zero attached hydrogens (tertiary/aromatic N) is 2. The largest absolute Gasteiger partial charge is 0.391 e. The van der Waals surface area contributed by atoms with Crippen molar-refractivity contribution in [1.82, 2.24) is 9.80 Å². The van der Waals surface area contributed by atoms with Crippen molar-refractivity contribution in [3.63, 3.8) is 0 Å². The number of likely N-dealkylation sites (N-methyl/N-ethyl adjacent to an activating group) is 1. The molecule has 0 radical (unpaired) electrons. The highest BCUT2D eigenvalue weighted by atomic mass is 16.3. The average Bonchev–Trinajstić information content (AvgIpc) is 2.35. The summed E-state index contributed by atoms with van der Waals surface area (Å²) in [5.41, 5.74) is 0. The summed E-state index contributed by atoms with van der Waals surface area (Å²) in [5, 5.41) is 10.4. The Labute approximate surface area is 120 Å².